The van der Waals surface area contributed by atoms with Crippen LogP contribution in [0, 0.1) is 17.8 Å². The first-order valence-electron chi connectivity index (χ1n) is 4.78. The van der Waals surface area contributed by atoms with E-state index in [-0.39, 0.29) is 0 Å². The third-order valence-electron chi connectivity index (χ3n) is 2.28. The second kappa shape index (κ2) is 6.25. The molecule has 0 spiro atoms. The SMILES string of the molecule is CC(C)CC1CC(C)C1.O=C([O-])Cl. The van der Waals surface area contributed by atoms with Gasteiger partial charge >= 0.3 is 0 Å². The molecule has 0 unspecified atom stereocenters. The van der Waals surface area contributed by atoms with E-state index < -0.39 is 5.43 Å². The normalized spacial score (nSPS) is 25.9. The smallest absolute Gasteiger partial charge is 0.134 e. The number of halogens is 1. The lowest BCUT2D eigenvalue weighted by Crippen LogP contribution is -2.22. The fourth-order valence-corrected chi connectivity index (χ4v) is 1.93. The Morgan fingerprint density at radius 1 is 1.54 bits per heavy atom. The molecule has 0 saturated heterocycles. The minimum atomic E-state index is -1.61. The zero-order valence-corrected chi connectivity index (χ0v) is 9.30. The van der Waals surface area contributed by atoms with Gasteiger partial charge in [0.25, 0.3) is 0 Å². The van der Waals surface area contributed by atoms with Crippen LogP contribution in [-0.2, 0) is 0 Å². The third-order valence-corrected chi connectivity index (χ3v) is 2.28. The Morgan fingerprint density at radius 2 is 1.92 bits per heavy atom. The van der Waals surface area contributed by atoms with Crippen molar-refractivity contribution in [1.82, 2.24) is 0 Å². The second-order valence-electron chi connectivity index (χ2n) is 4.31. The van der Waals surface area contributed by atoms with Crippen molar-refractivity contribution in [1.29, 1.82) is 0 Å². The van der Waals surface area contributed by atoms with Gasteiger partial charge in [-0.15, -0.1) is 0 Å². The molecule has 78 valence electrons. The lowest BCUT2D eigenvalue weighted by molar-refractivity contribution is -0.233. The molecule has 1 aliphatic carbocycles. The molecule has 0 N–H and O–H groups in total. The van der Waals surface area contributed by atoms with Crippen LogP contribution in [0.15, 0.2) is 0 Å². The van der Waals surface area contributed by atoms with Crippen molar-refractivity contribution < 1.29 is 9.90 Å². The van der Waals surface area contributed by atoms with E-state index in [0.29, 0.717) is 0 Å². The van der Waals surface area contributed by atoms with Gasteiger partial charge in [-0.2, -0.15) is 0 Å². The topological polar surface area (TPSA) is 40.1 Å². The van der Waals surface area contributed by atoms with Gasteiger partial charge in [0.05, 0.1) is 0 Å². The third kappa shape index (κ3) is 8.10. The summed E-state index contributed by atoms with van der Waals surface area (Å²) in [6.07, 6.45) is 4.46. The van der Waals surface area contributed by atoms with Crippen LogP contribution in [-0.4, -0.2) is 5.43 Å². The Morgan fingerprint density at radius 3 is 2.15 bits per heavy atom. The van der Waals surface area contributed by atoms with Gasteiger partial charge in [-0.3, -0.25) is 0 Å². The minimum absolute atomic E-state index is 0.919. The van der Waals surface area contributed by atoms with Crippen molar-refractivity contribution in [3.63, 3.8) is 0 Å². The van der Waals surface area contributed by atoms with Crippen molar-refractivity contribution in [2.45, 2.75) is 40.0 Å². The van der Waals surface area contributed by atoms with Crippen molar-refractivity contribution >= 4 is 17.0 Å². The molecule has 0 atom stereocenters. The molecule has 0 aromatic carbocycles. The number of hydrogen-bond donors (Lipinski definition) is 0. The van der Waals surface area contributed by atoms with Gasteiger partial charge in [0, 0.05) is 0 Å². The first-order valence-corrected chi connectivity index (χ1v) is 5.16. The van der Waals surface area contributed by atoms with Gasteiger partial charge in [-0.1, -0.05) is 32.4 Å². The van der Waals surface area contributed by atoms with Gasteiger partial charge in [0.1, 0.15) is 5.43 Å². The number of rotatable bonds is 2. The van der Waals surface area contributed by atoms with Crippen LogP contribution < -0.4 is 5.11 Å². The van der Waals surface area contributed by atoms with Crippen molar-refractivity contribution in [2.24, 2.45) is 17.8 Å². The predicted octanol–water partition coefficient (Wildman–Crippen LogP) is 2.65. The highest BCUT2D eigenvalue weighted by Gasteiger charge is 2.25. The molecule has 0 heterocycles. The Labute approximate surface area is 85.3 Å². The zero-order valence-electron chi connectivity index (χ0n) is 8.55. The van der Waals surface area contributed by atoms with Crippen LogP contribution in [0.2, 0.25) is 0 Å². The van der Waals surface area contributed by atoms with Crippen LogP contribution >= 0.6 is 11.6 Å². The molecule has 0 bridgehead atoms. The van der Waals surface area contributed by atoms with E-state index in [1.54, 1.807) is 0 Å². The lowest BCUT2D eigenvalue weighted by Gasteiger charge is -2.33. The van der Waals surface area contributed by atoms with E-state index in [0.717, 1.165) is 17.8 Å². The molecule has 0 aromatic rings. The maximum Gasteiger partial charge on any atom is 0.134 e. The predicted molar refractivity (Wildman–Crippen MR) is 52.6 cm³/mol. The molecule has 2 nitrogen and oxygen atoms in total. The summed E-state index contributed by atoms with van der Waals surface area (Å²) in [6, 6.07) is 0. The van der Waals surface area contributed by atoms with E-state index in [1.807, 2.05) is 0 Å². The van der Waals surface area contributed by atoms with Crippen molar-refractivity contribution in [2.75, 3.05) is 0 Å². The maximum atomic E-state index is 8.65. The largest absolute Gasteiger partial charge is 0.534 e. The molecule has 1 saturated carbocycles. The fraction of sp³-hybridized carbons (Fsp3) is 0.900. The molecule has 0 aromatic heterocycles. The number of hydrogen-bond acceptors (Lipinski definition) is 2. The van der Waals surface area contributed by atoms with Gasteiger partial charge in [-0.05, 0) is 37.0 Å². The van der Waals surface area contributed by atoms with Crippen LogP contribution in [0.25, 0.3) is 0 Å². The number of carboxylic acid groups (broad SMARTS) is 1. The lowest BCUT2D eigenvalue weighted by atomic mass is 9.72. The highest BCUT2D eigenvalue weighted by atomic mass is 35.5. The van der Waals surface area contributed by atoms with Gasteiger partial charge in [0.15, 0.2) is 0 Å². The van der Waals surface area contributed by atoms with E-state index in [9.17, 15) is 0 Å². The van der Waals surface area contributed by atoms with Crippen LogP contribution in [0.1, 0.15) is 40.0 Å². The summed E-state index contributed by atoms with van der Waals surface area (Å²) in [5.74, 6) is 3.04. The summed E-state index contributed by atoms with van der Waals surface area (Å²) in [6.45, 7) is 7.00. The van der Waals surface area contributed by atoms with Crippen LogP contribution in [0.3, 0.4) is 0 Å². The number of carbonyl (C=O) groups is 1. The molecule has 1 rings (SSSR count). The second-order valence-corrected chi connectivity index (χ2v) is 4.62. The number of carbonyl (C=O) groups excluding carboxylic acids is 1. The van der Waals surface area contributed by atoms with E-state index in [4.69, 9.17) is 9.90 Å². The summed E-state index contributed by atoms with van der Waals surface area (Å²) in [5, 5.41) is 8.65. The Kier molecular flexibility index (Phi) is 6.13. The molecule has 1 fully saturated rings. The first kappa shape index (κ1) is 12.8. The quantitative estimate of drug-likeness (QED) is 0.651. The van der Waals surface area contributed by atoms with Gasteiger partial charge in [0.2, 0.25) is 0 Å². The monoisotopic (exact) mass is 205 g/mol. The summed E-state index contributed by atoms with van der Waals surface area (Å²) < 4.78 is 0. The Hall–Kier alpha value is -0.240. The van der Waals surface area contributed by atoms with E-state index >= 15 is 0 Å². The first-order chi connectivity index (χ1) is 5.91. The molecule has 13 heavy (non-hydrogen) atoms. The Bertz CT molecular complexity index is 147. The average molecular weight is 206 g/mol. The van der Waals surface area contributed by atoms with Crippen LogP contribution in [0.4, 0.5) is 4.79 Å². The van der Waals surface area contributed by atoms with Gasteiger partial charge in [-0.25, -0.2) is 0 Å². The Balaban J connectivity index is 0.000000310. The molecule has 0 radical (unpaired) electrons. The highest BCUT2D eigenvalue weighted by Crippen LogP contribution is 2.37. The molecular weight excluding hydrogens is 188 g/mol. The van der Waals surface area contributed by atoms with Crippen molar-refractivity contribution in [3.8, 4) is 0 Å². The highest BCUT2D eigenvalue weighted by molar-refractivity contribution is 6.59. The molecule has 3 heteroatoms. The fourth-order valence-electron chi connectivity index (χ4n) is 1.93. The van der Waals surface area contributed by atoms with E-state index in [1.165, 1.54) is 19.3 Å². The summed E-state index contributed by atoms with van der Waals surface area (Å²) in [7, 11) is 0. The molecular formula is C10H18ClO2-. The maximum absolute atomic E-state index is 8.65. The van der Waals surface area contributed by atoms with Crippen LogP contribution in [0.5, 0.6) is 0 Å². The average Bonchev–Trinajstić information content (AvgIpc) is 1.81. The zero-order chi connectivity index (χ0) is 10.4. The molecule has 1 aliphatic rings. The molecule has 0 amide bonds. The minimum Gasteiger partial charge on any atom is -0.534 e. The summed E-state index contributed by atoms with van der Waals surface area (Å²) >= 11 is 4.08. The standard InChI is InChI=1S/C9H18.CHClO2/c1-7(2)4-9-5-8(3)6-9;2-1(3)4/h7-9H,4-6H2,1-3H3;(H,3,4)/p-1. The molecule has 0 aliphatic heterocycles. The van der Waals surface area contributed by atoms with E-state index in [2.05, 4.69) is 32.4 Å². The summed E-state index contributed by atoms with van der Waals surface area (Å²) in [4.78, 5) is 8.65. The van der Waals surface area contributed by atoms with Gasteiger partial charge < -0.3 is 9.90 Å². The summed E-state index contributed by atoms with van der Waals surface area (Å²) in [5.41, 5.74) is -1.61. The van der Waals surface area contributed by atoms with Crippen molar-refractivity contribution in [3.05, 3.63) is 0 Å².